The predicted molar refractivity (Wildman–Crippen MR) is 79.0 cm³/mol. The first-order valence-electron chi connectivity index (χ1n) is 7.44. The second-order valence-corrected chi connectivity index (χ2v) is 6.15. The van der Waals surface area contributed by atoms with Gasteiger partial charge in [-0.2, -0.15) is 0 Å². The Labute approximate surface area is 119 Å². The third-order valence-electron chi connectivity index (χ3n) is 4.16. The van der Waals surface area contributed by atoms with E-state index in [1.54, 1.807) is 15.4 Å². The Morgan fingerprint density at radius 1 is 1.45 bits per heavy atom. The van der Waals surface area contributed by atoms with E-state index in [4.69, 9.17) is 0 Å². The fourth-order valence-corrected chi connectivity index (χ4v) is 3.16. The van der Waals surface area contributed by atoms with Gasteiger partial charge in [0.15, 0.2) is 0 Å². The minimum Gasteiger partial charge on any atom is -0.330 e. The molecule has 1 fully saturated rings. The largest absolute Gasteiger partial charge is 0.330 e. The van der Waals surface area contributed by atoms with Crippen molar-refractivity contribution in [2.24, 2.45) is 5.92 Å². The number of aryl methyl sites for hydroxylation is 1. The maximum atomic E-state index is 12.2. The lowest BCUT2D eigenvalue weighted by Gasteiger charge is -2.27. The van der Waals surface area contributed by atoms with E-state index in [0.717, 1.165) is 29.4 Å². The lowest BCUT2D eigenvalue weighted by Crippen LogP contribution is -3.12. The predicted octanol–water partition coefficient (Wildman–Crippen LogP) is 0.818. The molecule has 1 unspecified atom stereocenters. The lowest BCUT2D eigenvalue weighted by molar-refractivity contribution is -0.922. The number of fused-ring (bicyclic) bond motifs is 1. The van der Waals surface area contributed by atoms with Gasteiger partial charge in [0.05, 0.1) is 13.1 Å². The van der Waals surface area contributed by atoms with Gasteiger partial charge >= 0.3 is 0 Å². The number of rotatable bonds is 2. The van der Waals surface area contributed by atoms with Crippen LogP contribution < -0.4 is 10.5 Å². The fraction of sp³-hybridized carbons (Fsp3) is 0.500. The molecular formula is C16H22N3O+. The molecule has 3 rings (SSSR count). The maximum Gasteiger partial charge on any atom is 0.258 e. The SMILES string of the molecule is Cc1ccc2nc(C[NH+]3CCC[C@@H](C)C3)cc(=O)n2c1. The van der Waals surface area contributed by atoms with E-state index in [1.165, 1.54) is 25.9 Å². The number of likely N-dealkylation sites (tertiary alicyclic amines) is 1. The highest BCUT2D eigenvalue weighted by molar-refractivity contribution is 5.39. The monoisotopic (exact) mass is 272 g/mol. The average molecular weight is 272 g/mol. The standard InChI is InChI=1S/C16H21N3O/c1-12-4-3-7-18(9-12)11-14-8-16(20)19-10-13(2)5-6-15(19)17-14/h5-6,8,10,12H,3-4,7,9,11H2,1-2H3/p+1/t12-/m1/s1. The van der Waals surface area contributed by atoms with Crippen molar-refractivity contribution >= 4 is 5.65 Å². The molecule has 2 aromatic heterocycles. The Kier molecular flexibility index (Phi) is 3.57. The molecule has 4 nitrogen and oxygen atoms in total. The van der Waals surface area contributed by atoms with Gasteiger partial charge in [-0.05, 0) is 31.4 Å². The van der Waals surface area contributed by atoms with Crippen molar-refractivity contribution in [2.75, 3.05) is 13.1 Å². The van der Waals surface area contributed by atoms with E-state index in [0.29, 0.717) is 0 Å². The average Bonchev–Trinajstić information content (AvgIpc) is 2.40. The van der Waals surface area contributed by atoms with Crippen LogP contribution in [0.25, 0.3) is 5.65 Å². The zero-order valence-electron chi connectivity index (χ0n) is 12.2. The molecule has 20 heavy (non-hydrogen) atoms. The summed E-state index contributed by atoms with van der Waals surface area (Å²) in [5, 5.41) is 0. The summed E-state index contributed by atoms with van der Waals surface area (Å²) in [4.78, 5) is 18.4. The van der Waals surface area contributed by atoms with Crippen molar-refractivity contribution in [3.8, 4) is 0 Å². The summed E-state index contributed by atoms with van der Waals surface area (Å²) in [6.45, 7) is 7.54. The van der Waals surface area contributed by atoms with Crippen molar-refractivity contribution < 1.29 is 4.90 Å². The van der Waals surface area contributed by atoms with Crippen LogP contribution >= 0.6 is 0 Å². The maximum absolute atomic E-state index is 12.2. The molecule has 0 saturated carbocycles. The highest BCUT2D eigenvalue weighted by Gasteiger charge is 2.20. The Morgan fingerprint density at radius 3 is 3.10 bits per heavy atom. The molecule has 0 bridgehead atoms. The second-order valence-electron chi connectivity index (χ2n) is 6.15. The molecule has 0 aromatic carbocycles. The van der Waals surface area contributed by atoms with Crippen LogP contribution in [0.15, 0.2) is 29.2 Å². The first kappa shape index (κ1) is 13.3. The highest BCUT2D eigenvalue weighted by Crippen LogP contribution is 2.06. The van der Waals surface area contributed by atoms with Crippen molar-refractivity contribution in [1.82, 2.24) is 9.38 Å². The number of nitrogens with one attached hydrogen (secondary N) is 1. The van der Waals surface area contributed by atoms with E-state index in [2.05, 4.69) is 11.9 Å². The zero-order chi connectivity index (χ0) is 14.1. The summed E-state index contributed by atoms with van der Waals surface area (Å²) in [7, 11) is 0. The van der Waals surface area contributed by atoms with Crippen molar-refractivity contribution in [3.63, 3.8) is 0 Å². The number of pyridine rings is 1. The van der Waals surface area contributed by atoms with Crippen molar-refractivity contribution in [1.29, 1.82) is 0 Å². The molecule has 4 heteroatoms. The molecule has 2 aromatic rings. The molecule has 0 aliphatic carbocycles. The number of hydrogen-bond acceptors (Lipinski definition) is 2. The Balaban J connectivity index is 1.89. The molecule has 2 atom stereocenters. The van der Waals surface area contributed by atoms with Crippen LogP contribution in [0.2, 0.25) is 0 Å². The molecule has 1 saturated heterocycles. The van der Waals surface area contributed by atoms with Crippen molar-refractivity contribution in [3.05, 3.63) is 46.0 Å². The Hall–Kier alpha value is -1.68. The second kappa shape index (κ2) is 5.37. The van der Waals surface area contributed by atoms with Gasteiger partial charge < -0.3 is 4.90 Å². The van der Waals surface area contributed by atoms with Gasteiger partial charge in [-0.15, -0.1) is 0 Å². The van der Waals surface area contributed by atoms with Crippen LogP contribution in [0.4, 0.5) is 0 Å². The molecule has 1 N–H and O–H groups in total. The third kappa shape index (κ3) is 2.75. The molecule has 0 amide bonds. The fourth-order valence-electron chi connectivity index (χ4n) is 3.16. The first-order chi connectivity index (χ1) is 9.61. The topological polar surface area (TPSA) is 38.8 Å². The van der Waals surface area contributed by atoms with Crippen LogP contribution in [0.3, 0.4) is 0 Å². The Bertz CT molecular complexity index is 677. The zero-order valence-corrected chi connectivity index (χ0v) is 12.2. The van der Waals surface area contributed by atoms with E-state index < -0.39 is 0 Å². The number of hydrogen-bond donors (Lipinski definition) is 1. The third-order valence-corrected chi connectivity index (χ3v) is 4.16. The van der Waals surface area contributed by atoms with Gasteiger partial charge in [-0.1, -0.05) is 13.0 Å². The quantitative estimate of drug-likeness (QED) is 0.879. The molecule has 3 heterocycles. The van der Waals surface area contributed by atoms with Gasteiger partial charge in [0.2, 0.25) is 0 Å². The van der Waals surface area contributed by atoms with Crippen LogP contribution in [0.1, 0.15) is 31.0 Å². The summed E-state index contributed by atoms with van der Waals surface area (Å²) in [5.74, 6) is 0.781. The van der Waals surface area contributed by atoms with Gasteiger partial charge in [0.1, 0.15) is 17.9 Å². The van der Waals surface area contributed by atoms with Gasteiger partial charge in [-0.25, -0.2) is 4.98 Å². The van der Waals surface area contributed by atoms with E-state index in [1.807, 2.05) is 25.3 Å². The van der Waals surface area contributed by atoms with Crippen molar-refractivity contribution in [2.45, 2.75) is 33.2 Å². The smallest absolute Gasteiger partial charge is 0.258 e. The number of piperidine rings is 1. The number of aromatic nitrogens is 2. The molecule has 1 aliphatic rings. The van der Waals surface area contributed by atoms with E-state index >= 15 is 0 Å². The van der Waals surface area contributed by atoms with Crippen LogP contribution in [-0.2, 0) is 6.54 Å². The van der Waals surface area contributed by atoms with Crippen LogP contribution in [0.5, 0.6) is 0 Å². The normalized spacial score (nSPS) is 23.1. The first-order valence-corrected chi connectivity index (χ1v) is 7.44. The summed E-state index contributed by atoms with van der Waals surface area (Å²) in [6, 6.07) is 5.62. The van der Waals surface area contributed by atoms with Gasteiger partial charge in [0, 0.05) is 18.2 Å². The molecule has 0 spiro atoms. The Morgan fingerprint density at radius 2 is 2.30 bits per heavy atom. The van der Waals surface area contributed by atoms with E-state index in [9.17, 15) is 4.79 Å². The van der Waals surface area contributed by atoms with Crippen LogP contribution in [-0.4, -0.2) is 22.5 Å². The molecule has 106 valence electrons. The van der Waals surface area contributed by atoms with E-state index in [-0.39, 0.29) is 5.56 Å². The summed E-state index contributed by atoms with van der Waals surface area (Å²) in [6.07, 6.45) is 4.46. The van der Waals surface area contributed by atoms with Gasteiger partial charge in [-0.3, -0.25) is 9.20 Å². The molecule has 0 radical (unpaired) electrons. The minimum atomic E-state index is 0.0261. The summed E-state index contributed by atoms with van der Waals surface area (Å²) in [5.41, 5.74) is 2.77. The van der Waals surface area contributed by atoms with Gasteiger partial charge in [0.25, 0.3) is 5.56 Å². The molecular weight excluding hydrogens is 250 g/mol. The summed E-state index contributed by atoms with van der Waals surface area (Å²) < 4.78 is 1.63. The number of quaternary nitrogens is 1. The minimum absolute atomic E-state index is 0.0261. The van der Waals surface area contributed by atoms with Crippen LogP contribution in [0, 0.1) is 12.8 Å². The summed E-state index contributed by atoms with van der Waals surface area (Å²) >= 11 is 0. The number of nitrogens with zero attached hydrogens (tertiary/aromatic N) is 2. The lowest BCUT2D eigenvalue weighted by atomic mass is 10.0. The molecule has 1 aliphatic heterocycles. The highest BCUT2D eigenvalue weighted by atomic mass is 16.1.